The largest absolute Gasteiger partial charge is 0.481 e. The zero-order chi connectivity index (χ0) is 13.3. The normalized spacial score (nSPS) is 10.9. The molecular formula is C8H17N3O5S. The second-order valence-electron chi connectivity index (χ2n) is 3.14. The van der Waals surface area contributed by atoms with E-state index in [0.29, 0.717) is 6.54 Å². The fraction of sp³-hybridized carbons (Fsp3) is 0.750. The number of sulfonamides is 1. The number of carboxylic acid groups (broad SMARTS) is 1. The SMILES string of the molecule is CCNS(=O)(=O)CCNC(=O)NCCC(=O)O. The minimum Gasteiger partial charge on any atom is -0.481 e. The van der Waals surface area contributed by atoms with Crippen molar-refractivity contribution >= 4 is 22.0 Å². The van der Waals surface area contributed by atoms with Crippen molar-refractivity contribution in [3.8, 4) is 0 Å². The van der Waals surface area contributed by atoms with Crippen LogP contribution in [0, 0.1) is 0 Å². The minimum atomic E-state index is -3.35. The highest BCUT2D eigenvalue weighted by molar-refractivity contribution is 7.89. The number of urea groups is 1. The van der Waals surface area contributed by atoms with Crippen LogP contribution in [0.1, 0.15) is 13.3 Å². The molecule has 0 saturated carbocycles. The lowest BCUT2D eigenvalue weighted by Crippen LogP contribution is -2.40. The molecule has 0 spiro atoms. The van der Waals surface area contributed by atoms with E-state index >= 15 is 0 Å². The van der Waals surface area contributed by atoms with E-state index in [1.165, 1.54) is 0 Å². The molecule has 17 heavy (non-hydrogen) atoms. The Hall–Kier alpha value is -1.35. The van der Waals surface area contributed by atoms with Gasteiger partial charge in [-0.15, -0.1) is 0 Å². The van der Waals surface area contributed by atoms with E-state index in [0.717, 1.165) is 0 Å². The van der Waals surface area contributed by atoms with Crippen LogP contribution in [0.5, 0.6) is 0 Å². The molecule has 0 fully saturated rings. The first-order chi connectivity index (χ1) is 7.87. The van der Waals surface area contributed by atoms with Gasteiger partial charge in [-0.3, -0.25) is 4.79 Å². The van der Waals surface area contributed by atoms with Crippen LogP contribution in [-0.2, 0) is 14.8 Å². The summed E-state index contributed by atoms with van der Waals surface area (Å²) in [6, 6.07) is -0.585. The van der Waals surface area contributed by atoms with E-state index in [1.807, 2.05) is 0 Å². The Kier molecular flexibility index (Phi) is 7.22. The van der Waals surface area contributed by atoms with E-state index in [1.54, 1.807) is 6.92 Å². The third-order valence-corrected chi connectivity index (χ3v) is 3.12. The lowest BCUT2D eigenvalue weighted by Gasteiger charge is -2.07. The van der Waals surface area contributed by atoms with Gasteiger partial charge >= 0.3 is 12.0 Å². The van der Waals surface area contributed by atoms with E-state index in [9.17, 15) is 18.0 Å². The van der Waals surface area contributed by atoms with Gasteiger partial charge in [-0.25, -0.2) is 17.9 Å². The highest BCUT2D eigenvalue weighted by Crippen LogP contribution is 1.82. The third-order valence-electron chi connectivity index (χ3n) is 1.65. The zero-order valence-corrected chi connectivity index (χ0v) is 10.3. The summed E-state index contributed by atoms with van der Waals surface area (Å²) in [6.45, 7) is 1.92. The maximum atomic E-state index is 11.2. The van der Waals surface area contributed by atoms with Gasteiger partial charge < -0.3 is 15.7 Å². The summed E-state index contributed by atoms with van der Waals surface area (Å²) in [7, 11) is -3.35. The lowest BCUT2D eigenvalue weighted by atomic mass is 10.4. The van der Waals surface area contributed by atoms with Crippen LogP contribution in [0.15, 0.2) is 0 Å². The van der Waals surface area contributed by atoms with Crippen molar-refractivity contribution in [2.75, 3.05) is 25.4 Å². The average Bonchev–Trinajstić information content (AvgIpc) is 2.16. The van der Waals surface area contributed by atoms with Gasteiger partial charge in [0, 0.05) is 19.6 Å². The van der Waals surface area contributed by atoms with Gasteiger partial charge in [0.05, 0.1) is 12.2 Å². The van der Waals surface area contributed by atoms with Gasteiger partial charge in [0.1, 0.15) is 0 Å². The van der Waals surface area contributed by atoms with Crippen molar-refractivity contribution in [1.82, 2.24) is 15.4 Å². The van der Waals surface area contributed by atoms with Crippen LogP contribution < -0.4 is 15.4 Å². The van der Waals surface area contributed by atoms with Crippen LogP contribution in [-0.4, -0.2) is 50.9 Å². The number of carbonyl (C=O) groups excluding carboxylic acids is 1. The molecule has 0 rings (SSSR count). The Labute approximate surface area is 99.8 Å². The number of carboxylic acids is 1. The van der Waals surface area contributed by atoms with Crippen molar-refractivity contribution in [1.29, 1.82) is 0 Å². The van der Waals surface area contributed by atoms with Crippen LogP contribution in [0.2, 0.25) is 0 Å². The van der Waals surface area contributed by atoms with Crippen molar-refractivity contribution < 1.29 is 23.1 Å². The highest BCUT2D eigenvalue weighted by Gasteiger charge is 2.08. The van der Waals surface area contributed by atoms with Crippen LogP contribution in [0.4, 0.5) is 4.79 Å². The quantitative estimate of drug-likeness (QED) is 0.435. The highest BCUT2D eigenvalue weighted by atomic mass is 32.2. The van der Waals surface area contributed by atoms with Gasteiger partial charge in [-0.05, 0) is 0 Å². The van der Waals surface area contributed by atoms with Gasteiger partial charge in [0.2, 0.25) is 10.0 Å². The summed E-state index contributed by atoms with van der Waals surface area (Å²) in [4.78, 5) is 21.2. The maximum absolute atomic E-state index is 11.2. The van der Waals surface area contributed by atoms with Gasteiger partial charge in [0.25, 0.3) is 0 Å². The number of rotatable bonds is 8. The molecule has 0 unspecified atom stereocenters. The Bertz CT molecular complexity index is 354. The number of carbonyl (C=O) groups is 2. The van der Waals surface area contributed by atoms with Gasteiger partial charge in [-0.2, -0.15) is 0 Å². The summed E-state index contributed by atoms with van der Waals surface area (Å²) in [5.41, 5.74) is 0. The summed E-state index contributed by atoms with van der Waals surface area (Å²) < 4.78 is 24.6. The van der Waals surface area contributed by atoms with Crippen LogP contribution in [0.3, 0.4) is 0 Å². The maximum Gasteiger partial charge on any atom is 0.314 e. The first-order valence-electron chi connectivity index (χ1n) is 5.08. The van der Waals surface area contributed by atoms with E-state index in [4.69, 9.17) is 5.11 Å². The molecular weight excluding hydrogens is 250 g/mol. The first kappa shape index (κ1) is 15.7. The fourth-order valence-electron chi connectivity index (χ4n) is 0.936. The molecule has 0 bridgehead atoms. The molecule has 0 aliphatic heterocycles. The smallest absolute Gasteiger partial charge is 0.314 e. The molecule has 0 radical (unpaired) electrons. The molecule has 0 aromatic rings. The molecule has 0 aromatic carbocycles. The van der Waals surface area contributed by atoms with E-state index < -0.39 is 22.0 Å². The zero-order valence-electron chi connectivity index (χ0n) is 9.52. The topological polar surface area (TPSA) is 125 Å². The van der Waals surface area contributed by atoms with Crippen molar-refractivity contribution in [2.45, 2.75) is 13.3 Å². The number of nitrogens with one attached hydrogen (secondary N) is 3. The molecule has 2 amide bonds. The summed E-state index contributed by atoms with van der Waals surface area (Å²) in [5, 5.41) is 12.9. The molecule has 9 heteroatoms. The molecule has 4 N–H and O–H groups in total. The fourth-order valence-corrected chi connectivity index (χ4v) is 1.89. The van der Waals surface area contributed by atoms with Crippen LogP contribution >= 0.6 is 0 Å². The molecule has 0 atom stereocenters. The Balaban J connectivity index is 3.68. The second-order valence-corrected chi connectivity index (χ2v) is 5.07. The lowest BCUT2D eigenvalue weighted by molar-refractivity contribution is -0.136. The molecule has 0 heterocycles. The summed E-state index contributed by atoms with van der Waals surface area (Å²) in [5.74, 6) is -1.23. The predicted molar refractivity (Wildman–Crippen MR) is 61.1 cm³/mol. The van der Waals surface area contributed by atoms with Crippen molar-refractivity contribution in [2.24, 2.45) is 0 Å². The molecule has 0 aliphatic carbocycles. The van der Waals surface area contributed by atoms with Gasteiger partial charge in [0.15, 0.2) is 0 Å². The summed E-state index contributed by atoms with van der Waals surface area (Å²) >= 11 is 0. The first-order valence-corrected chi connectivity index (χ1v) is 6.73. The number of hydrogen-bond acceptors (Lipinski definition) is 4. The van der Waals surface area contributed by atoms with E-state index in [2.05, 4.69) is 15.4 Å². The Morgan fingerprint density at radius 3 is 2.29 bits per heavy atom. The minimum absolute atomic E-state index is 0.00112. The number of amides is 2. The monoisotopic (exact) mass is 267 g/mol. The Morgan fingerprint density at radius 2 is 1.76 bits per heavy atom. The van der Waals surface area contributed by atoms with Crippen molar-refractivity contribution in [3.05, 3.63) is 0 Å². The third kappa shape index (κ3) is 9.57. The summed E-state index contributed by atoms with van der Waals surface area (Å²) in [6.07, 6.45) is -0.177. The van der Waals surface area contributed by atoms with Crippen molar-refractivity contribution in [3.63, 3.8) is 0 Å². The predicted octanol–water partition coefficient (Wildman–Crippen LogP) is -1.30. The van der Waals surface area contributed by atoms with Crippen LogP contribution in [0.25, 0.3) is 0 Å². The number of hydrogen-bond donors (Lipinski definition) is 4. The molecule has 8 nitrogen and oxygen atoms in total. The molecule has 0 aromatic heterocycles. The van der Waals surface area contributed by atoms with E-state index in [-0.39, 0.29) is 25.3 Å². The molecule has 0 aliphatic rings. The second kappa shape index (κ2) is 7.85. The average molecular weight is 267 g/mol. The molecule has 0 saturated heterocycles. The number of aliphatic carboxylic acids is 1. The Morgan fingerprint density at radius 1 is 1.18 bits per heavy atom. The standard InChI is InChI=1S/C8H17N3O5S/c1-2-11-17(15,16)6-5-10-8(14)9-4-3-7(12)13/h11H,2-6H2,1H3,(H,12,13)(H2,9,10,14). The molecule has 100 valence electrons. The van der Waals surface area contributed by atoms with Gasteiger partial charge in [-0.1, -0.05) is 6.92 Å².